The summed E-state index contributed by atoms with van der Waals surface area (Å²) in [5.74, 6) is -0.869. The average Bonchev–Trinajstić information content (AvgIpc) is 2.54. The normalized spacial score (nSPS) is 15.5. The highest BCUT2D eigenvalue weighted by Gasteiger charge is 2.34. The van der Waals surface area contributed by atoms with Gasteiger partial charge in [-0.15, -0.1) is 0 Å². The van der Waals surface area contributed by atoms with Crippen molar-refractivity contribution < 1.29 is 0 Å². The minimum Gasteiger partial charge on any atom is -0.197 e. The Morgan fingerprint density at radius 1 is 0.864 bits per heavy atom. The van der Waals surface area contributed by atoms with Crippen molar-refractivity contribution in [3.05, 3.63) is 76.4 Å². The lowest BCUT2D eigenvalue weighted by Crippen LogP contribution is -2.19. The quantitative estimate of drug-likeness (QED) is 0.766. The summed E-state index contributed by atoms with van der Waals surface area (Å²) in [6.45, 7) is 4.21. The summed E-state index contributed by atoms with van der Waals surface area (Å²) in [5.41, 5.74) is 6.89. The van der Waals surface area contributed by atoms with Crippen LogP contribution in [0.25, 0.3) is 5.57 Å². The van der Waals surface area contributed by atoms with E-state index in [4.69, 9.17) is 0 Å². The molecule has 0 fully saturated rings. The van der Waals surface area contributed by atoms with Crippen molar-refractivity contribution >= 4 is 5.57 Å². The van der Waals surface area contributed by atoms with Gasteiger partial charge in [-0.05, 0) is 41.7 Å². The fraction of sp³-hybridized carbons (Fsp3) is 0.200. The zero-order valence-corrected chi connectivity index (χ0v) is 12.7. The van der Waals surface area contributed by atoms with E-state index in [0.717, 1.165) is 22.3 Å². The molecule has 0 saturated carbocycles. The first-order chi connectivity index (χ1) is 10.7. The van der Waals surface area contributed by atoms with Crippen LogP contribution in [0.5, 0.6) is 0 Å². The molecule has 106 valence electrons. The van der Waals surface area contributed by atoms with Crippen LogP contribution >= 0.6 is 0 Å². The van der Waals surface area contributed by atoms with Gasteiger partial charge in [-0.2, -0.15) is 10.5 Å². The monoisotopic (exact) mass is 284 g/mol. The third-order valence-electron chi connectivity index (χ3n) is 4.24. The van der Waals surface area contributed by atoms with E-state index >= 15 is 0 Å². The first kappa shape index (κ1) is 14.1. The van der Waals surface area contributed by atoms with E-state index in [1.807, 2.05) is 36.4 Å². The molecule has 0 unspecified atom stereocenters. The van der Waals surface area contributed by atoms with E-state index in [1.165, 1.54) is 11.1 Å². The maximum Gasteiger partial charge on any atom is 0.144 e. The van der Waals surface area contributed by atoms with Crippen LogP contribution in [0.4, 0.5) is 0 Å². The zero-order valence-electron chi connectivity index (χ0n) is 12.7. The first-order valence-corrected chi connectivity index (χ1v) is 7.34. The van der Waals surface area contributed by atoms with Crippen LogP contribution in [0.1, 0.15) is 42.0 Å². The summed E-state index contributed by atoms with van der Waals surface area (Å²) in [4.78, 5) is 0. The lowest BCUT2D eigenvalue weighted by molar-refractivity contribution is 0.699. The highest BCUT2D eigenvalue weighted by atomic mass is 14.4. The van der Waals surface area contributed by atoms with E-state index in [9.17, 15) is 10.5 Å². The third-order valence-corrected chi connectivity index (χ3v) is 4.24. The predicted molar refractivity (Wildman–Crippen MR) is 86.8 cm³/mol. The first-order valence-electron chi connectivity index (χ1n) is 7.34. The zero-order chi connectivity index (χ0) is 15.7. The summed E-state index contributed by atoms with van der Waals surface area (Å²) in [5, 5.41) is 18.8. The average molecular weight is 284 g/mol. The van der Waals surface area contributed by atoms with Crippen LogP contribution in [0.3, 0.4) is 0 Å². The second-order valence-electron chi connectivity index (χ2n) is 5.76. The molecule has 0 heterocycles. The van der Waals surface area contributed by atoms with Crippen LogP contribution in [0, 0.1) is 28.6 Å². The molecule has 2 nitrogen and oxygen atoms in total. The van der Waals surface area contributed by atoms with Crippen molar-refractivity contribution in [1.29, 1.82) is 10.5 Å². The van der Waals surface area contributed by atoms with Crippen molar-refractivity contribution in [2.75, 3.05) is 0 Å². The maximum absolute atomic E-state index is 9.42. The Bertz CT molecular complexity index is 779. The molecule has 0 aromatic heterocycles. The van der Waals surface area contributed by atoms with Gasteiger partial charge in [0.15, 0.2) is 0 Å². The largest absolute Gasteiger partial charge is 0.197 e. The molecule has 2 aromatic rings. The summed E-state index contributed by atoms with van der Waals surface area (Å²) in [6, 6.07) is 20.6. The topological polar surface area (TPSA) is 47.6 Å². The number of rotatable bonds is 1. The van der Waals surface area contributed by atoms with Crippen LogP contribution in [0.15, 0.2) is 54.1 Å². The molecule has 0 amide bonds. The Kier molecular flexibility index (Phi) is 3.53. The van der Waals surface area contributed by atoms with Crippen LogP contribution in [-0.4, -0.2) is 0 Å². The van der Waals surface area contributed by atoms with Crippen LogP contribution < -0.4 is 0 Å². The molecule has 1 aliphatic rings. The second-order valence-corrected chi connectivity index (χ2v) is 5.76. The molecule has 0 N–H and O–H groups in total. The molecule has 0 saturated heterocycles. The molecule has 0 bridgehead atoms. The molecule has 2 aromatic carbocycles. The number of allylic oxidation sites excluding steroid dienone is 1. The van der Waals surface area contributed by atoms with Gasteiger partial charge < -0.3 is 0 Å². The van der Waals surface area contributed by atoms with Gasteiger partial charge in [0, 0.05) is 5.92 Å². The highest BCUT2D eigenvalue weighted by Crippen LogP contribution is 2.46. The summed E-state index contributed by atoms with van der Waals surface area (Å²) < 4.78 is 0. The number of hydrogen-bond acceptors (Lipinski definition) is 2. The van der Waals surface area contributed by atoms with Gasteiger partial charge in [-0.1, -0.05) is 54.1 Å². The molecule has 0 spiro atoms. The van der Waals surface area contributed by atoms with Gasteiger partial charge in [0.2, 0.25) is 0 Å². The second kappa shape index (κ2) is 5.51. The van der Waals surface area contributed by atoms with Crippen LogP contribution in [-0.2, 0) is 0 Å². The van der Waals surface area contributed by atoms with Gasteiger partial charge in [0.25, 0.3) is 0 Å². The molecular formula is C20H16N2. The molecule has 2 heteroatoms. The number of fused-ring (bicyclic) bond motifs is 2. The third kappa shape index (κ3) is 2.01. The van der Waals surface area contributed by atoms with Crippen molar-refractivity contribution in [2.24, 2.45) is 5.92 Å². The number of hydrogen-bond donors (Lipinski definition) is 0. The van der Waals surface area contributed by atoms with Crippen molar-refractivity contribution in [1.82, 2.24) is 0 Å². The van der Waals surface area contributed by atoms with Crippen LogP contribution in [0.2, 0.25) is 0 Å². The van der Waals surface area contributed by atoms with Gasteiger partial charge >= 0.3 is 0 Å². The SMILES string of the molecule is CC(C)=C1c2ccccc2C(C(C#N)C#N)c2ccccc21. The summed E-state index contributed by atoms with van der Waals surface area (Å²) in [6.07, 6.45) is 0. The van der Waals surface area contributed by atoms with Gasteiger partial charge in [0.1, 0.15) is 5.92 Å². The van der Waals surface area contributed by atoms with Gasteiger partial charge in [-0.25, -0.2) is 0 Å². The standard InChI is InChI=1S/C20H16N2/c1-13(2)19-15-7-3-5-9-17(15)20(14(11-21)12-22)18-10-6-4-8-16(18)19/h3-10,14,20H,1-2H3. The molecule has 0 atom stereocenters. The van der Waals surface area contributed by atoms with E-state index in [1.54, 1.807) is 0 Å². The summed E-state index contributed by atoms with van der Waals surface area (Å²) in [7, 11) is 0. The Morgan fingerprint density at radius 2 is 1.32 bits per heavy atom. The Labute approximate surface area is 130 Å². The molecule has 0 radical (unpaired) electrons. The number of nitrogens with zero attached hydrogens (tertiary/aromatic N) is 2. The minimum absolute atomic E-state index is 0.189. The van der Waals surface area contributed by atoms with Crippen molar-refractivity contribution in [2.45, 2.75) is 19.8 Å². The lowest BCUT2D eigenvalue weighted by Gasteiger charge is -2.31. The van der Waals surface area contributed by atoms with Gasteiger partial charge in [-0.3, -0.25) is 0 Å². The van der Waals surface area contributed by atoms with E-state index in [2.05, 4.69) is 38.1 Å². The van der Waals surface area contributed by atoms with E-state index in [0.29, 0.717) is 0 Å². The fourth-order valence-corrected chi connectivity index (χ4v) is 3.38. The Balaban J connectivity index is 2.39. The molecule has 22 heavy (non-hydrogen) atoms. The van der Waals surface area contributed by atoms with Crippen molar-refractivity contribution in [3.63, 3.8) is 0 Å². The Morgan fingerprint density at radius 3 is 1.73 bits per heavy atom. The summed E-state index contributed by atoms with van der Waals surface area (Å²) >= 11 is 0. The lowest BCUT2D eigenvalue weighted by atomic mass is 9.70. The molecule has 3 rings (SSSR count). The fourth-order valence-electron chi connectivity index (χ4n) is 3.38. The minimum atomic E-state index is -0.680. The number of nitriles is 2. The molecular weight excluding hydrogens is 268 g/mol. The highest BCUT2D eigenvalue weighted by molar-refractivity contribution is 5.88. The van der Waals surface area contributed by atoms with E-state index < -0.39 is 5.92 Å². The van der Waals surface area contributed by atoms with Gasteiger partial charge in [0.05, 0.1) is 12.1 Å². The van der Waals surface area contributed by atoms with E-state index in [-0.39, 0.29) is 5.92 Å². The Hall–Kier alpha value is -2.84. The van der Waals surface area contributed by atoms with Crippen molar-refractivity contribution in [3.8, 4) is 12.1 Å². The molecule has 0 aliphatic heterocycles. The molecule has 1 aliphatic carbocycles. The predicted octanol–water partition coefficient (Wildman–Crippen LogP) is 4.64. The smallest absolute Gasteiger partial charge is 0.144 e. The number of benzene rings is 2. The maximum atomic E-state index is 9.42.